The molecule has 9 heteroatoms. The fraction of sp³-hybridized carbons (Fsp3) is 0.105. The predicted octanol–water partition coefficient (Wildman–Crippen LogP) is 4.14. The summed E-state index contributed by atoms with van der Waals surface area (Å²) in [6, 6.07) is 9.08. The number of nitrogens with zero attached hydrogens (tertiary/aromatic N) is 4. The minimum Gasteiger partial charge on any atom is -0.478 e. The highest BCUT2D eigenvalue weighted by atomic mass is 19.4. The molecular weight excluding hydrogens is 373 g/mol. The summed E-state index contributed by atoms with van der Waals surface area (Å²) in [7, 11) is 1.75. The van der Waals surface area contributed by atoms with Crippen molar-refractivity contribution in [3.05, 3.63) is 66.0 Å². The highest BCUT2D eigenvalue weighted by molar-refractivity contribution is 5.99. The average molecular weight is 386 g/mol. The van der Waals surface area contributed by atoms with E-state index in [1.807, 2.05) is 0 Å². The van der Waals surface area contributed by atoms with Gasteiger partial charge in [0.25, 0.3) is 0 Å². The van der Waals surface area contributed by atoms with Crippen molar-refractivity contribution in [3.8, 4) is 16.9 Å². The van der Waals surface area contributed by atoms with Gasteiger partial charge in [0.2, 0.25) is 0 Å². The first-order valence-corrected chi connectivity index (χ1v) is 8.17. The van der Waals surface area contributed by atoms with E-state index in [9.17, 15) is 23.1 Å². The van der Waals surface area contributed by atoms with E-state index in [1.165, 1.54) is 28.9 Å². The normalized spacial score (nSPS) is 11.9. The van der Waals surface area contributed by atoms with Crippen LogP contribution in [-0.4, -0.2) is 30.6 Å². The number of aromatic carboxylic acids is 1. The second-order valence-electron chi connectivity index (χ2n) is 6.24. The van der Waals surface area contributed by atoms with Crippen molar-refractivity contribution in [3.63, 3.8) is 0 Å². The third kappa shape index (κ3) is 3.00. The largest absolute Gasteiger partial charge is 0.478 e. The smallest absolute Gasteiger partial charge is 0.416 e. The lowest BCUT2D eigenvalue weighted by molar-refractivity contribution is -0.137. The number of aromatic nitrogens is 4. The molecule has 1 N–H and O–H groups in total. The Morgan fingerprint density at radius 1 is 1.11 bits per heavy atom. The van der Waals surface area contributed by atoms with Crippen molar-refractivity contribution in [2.45, 2.75) is 6.18 Å². The Kier molecular flexibility index (Phi) is 3.95. The van der Waals surface area contributed by atoms with E-state index in [1.54, 1.807) is 30.2 Å². The van der Waals surface area contributed by atoms with Gasteiger partial charge in [-0.2, -0.15) is 23.4 Å². The molecule has 142 valence electrons. The van der Waals surface area contributed by atoms with Crippen molar-refractivity contribution < 1.29 is 23.1 Å². The summed E-state index contributed by atoms with van der Waals surface area (Å²) in [6.07, 6.45) is -1.07. The van der Waals surface area contributed by atoms with Gasteiger partial charge in [-0.25, -0.2) is 9.48 Å². The molecule has 6 nitrogen and oxygen atoms in total. The Morgan fingerprint density at radius 3 is 2.39 bits per heavy atom. The second kappa shape index (κ2) is 6.22. The van der Waals surface area contributed by atoms with Gasteiger partial charge < -0.3 is 5.11 Å². The fourth-order valence-electron chi connectivity index (χ4n) is 2.99. The molecule has 0 amide bonds. The molecule has 0 radical (unpaired) electrons. The Bertz CT molecular complexity index is 1190. The lowest BCUT2D eigenvalue weighted by atomic mass is 10.1. The van der Waals surface area contributed by atoms with Gasteiger partial charge in [-0.15, -0.1) is 0 Å². The molecule has 0 aliphatic carbocycles. The number of halogens is 3. The molecule has 2 aromatic carbocycles. The van der Waals surface area contributed by atoms with Crippen LogP contribution in [0.3, 0.4) is 0 Å². The second-order valence-corrected chi connectivity index (χ2v) is 6.24. The van der Waals surface area contributed by atoms with E-state index in [0.717, 1.165) is 12.1 Å². The minimum atomic E-state index is -4.44. The summed E-state index contributed by atoms with van der Waals surface area (Å²) < 4.78 is 41.6. The summed E-state index contributed by atoms with van der Waals surface area (Å²) in [5.74, 6) is -1.11. The van der Waals surface area contributed by atoms with Gasteiger partial charge in [0.15, 0.2) is 0 Å². The van der Waals surface area contributed by atoms with E-state index in [2.05, 4.69) is 10.2 Å². The van der Waals surface area contributed by atoms with Crippen LogP contribution in [0.1, 0.15) is 15.9 Å². The van der Waals surface area contributed by atoms with Gasteiger partial charge >= 0.3 is 12.1 Å². The highest BCUT2D eigenvalue weighted by Gasteiger charge is 2.30. The molecule has 4 rings (SSSR count). The van der Waals surface area contributed by atoms with Crippen molar-refractivity contribution >= 4 is 16.9 Å². The van der Waals surface area contributed by atoms with Crippen LogP contribution < -0.4 is 0 Å². The maximum Gasteiger partial charge on any atom is 0.416 e. The molecule has 28 heavy (non-hydrogen) atoms. The average Bonchev–Trinajstić information content (AvgIpc) is 3.24. The van der Waals surface area contributed by atoms with Crippen LogP contribution in [0, 0.1) is 0 Å². The van der Waals surface area contributed by atoms with Gasteiger partial charge in [-0.1, -0.05) is 0 Å². The number of carbonyl (C=O) groups is 1. The van der Waals surface area contributed by atoms with Gasteiger partial charge in [0, 0.05) is 24.2 Å². The van der Waals surface area contributed by atoms with Gasteiger partial charge in [0.1, 0.15) is 5.69 Å². The number of aryl methyl sites for hydroxylation is 1. The van der Waals surface area contributed by atoms with Crippen LogP contribution >= 0.6 is 0 Å². The van der Waals surface area contributed by atoms with Crippen LogP contribution in [0.15, 0.2) is 54.9 Å². The van der Waals surface area contributed by atoms with Crippen LogP contribution in [0.4, 0.5) is 13.2 Å². The summed E-state index contributed by atoms with van der Waals surface area (Å²) in [6.45, 7) is 0. The third-order valence-electron chi connectivity index (χ3n) is 4.35. The number of carboxylic acids is 1. The SMILES string of the molecule is Cn1cc(-c2nn(-c3ccc(C(F)(F)F)cc3)c3cc(C(=O)O)ccc23)cn1. The molecule has 0 aliphatic heterocycles. The Balaban J connectivity index is 1.94. The van der Waals surface area contributed by atoms with Crippen LogP contribution in [0.25, 0.3) is 27.8 Å². The number of alkyl halides is 3. The summed E-state index contributed by atoms with van der Waals surface area (Å²) in [5.41, 5.74) is 1.40. The topological polar surface area (TPSA) is 72.9 Å². The summed E-state index contributed by atoms with van der Waals surface area (Å²) >= 11 is 0. The number of fused-ring (bicyclic) bond motifs is 1. The highest BCUT2D eigenvalue weighted by Crippen LogP contribution is 2.32. The molecule has 0 unspecified atom stereocenters. The summed E-state index contributed by atoms with van der Waals surface area (Å²) in [5, 5.41) is 18.6. The first-order valence-electron chi connectivity index (χ1n) is 8.17. The van der Waals surface area contributed by atoms with Gasteiger partial charge in [0.05, 0.1) is 28.5 Å². The number of hydrogen-bond acceptors (Lipinski definition) is 3. The number of rotatable bonds is 3. The van der Waals surface area contributed by atoms with E-state index in [4.69, 9.17) is 0 Å². The third-order valence-corrected chi connectivity index (χ3v) is 4.35. The molecule has 0 spiro atoms. The Labute approximate surface area is 156 Å². The monoisotopic (exact) mass is 386 g/mol. The number of hydrogen-bond donors (Lipinski definition) is 1. The van der Waals surface area contributed by atoms with Crippen molar-refractivity contribution in [1.29, 1.82) is 0 Å². The van der Waals surface area contributed by atoms with Crippen LogP contribution in [-0.2, 0) is 13.2 Å². The molecule has 4 aromatic rings. The molecular formula is C19H13F3N4O2. The van der Waals surface area contributed by atoms with E-state index < -0.39 is 17.7 Å². The Hall–Kier alpha value is -3.62. The zero-order valence-electron chi connectivity index (χ0n) is 14.5. The molecule has 0 aliphatic rings. The van der Waals surface area contributed by atoms with Gasteiger partial charge in [-0.05, 0) is 42.5 Å². The summed E-state index contributed by atoms with van der Waals surface area (Å²) in [4.78, 5) is 11.4. The van der Waals surface area contributed by atoms with Crippen molar-refractivity contribution in [2.24, 2.45) is 7.05 Å². The molecule has 0 fully saturated rings. The van der Waals surface area contributed by atoms with E-state index in [0.29, 0.717) is 27.8 Å². The minimum absolute atomic E-state index is 0.0540. The fourth-order valence-corrected chi connectivity index (χ4v) is 2.99. The van der Waals surface area contributed by atoms with Crippen molar-refractivity contribution in [2.75, 3.05) is 0 Å². The number of carboxylic acid groups (broad SMARTS) is 1. The molecule has 0 saturated heterocycles. The zero-order valence-corrected chi connectivity index (χ0v) is 14.5. The lowest BCUT2D eigenvalue weighted by Crippen LogP contribution is -2.05. The van der Waals surface area contributed by atoms with Crippen LogP contribution in [0.2, 0.25) is 0 Å². The van der Waals surface area contributed by atoms with Crippen molar-refractivity contribution in [1.82, 2.24) is 19.6 Å². The zero-order chi connectivity index (χ0) is 20.1. The molecule has 2 heterocycles. The predicted molar refractivity (Wildman–Crippen MR) is 95.2 cm³/mol. The standard InChI is InChI=1S/C19H13F3N4O2/c1-25-10-12(9-23-25)17-15-7-2-11(18(27)28)8-16(15)26(24-17)14-5-3-13(4-6-14)19(20,21)22/h2-10H,1H3,(H,27,28). The number of benzene rings is 2. The van der Waals surface area contributed by atoms with E-state index in [-0.39, 0.29) is 5.56 Å². The van der Waals surface area contributed by atoms with E-state index >= 15 is 0 Å². The molecule has 0 saturated carbocycles. The lowest BCUT2D eigenvalue weighted by Gasteiger charge is -2.08. The first-order chi connectivity index (χ1) is 13.2. The quantitative estimate of drug-likeness (QED) is 0.574. The van der Waals surface area contributed by atoms with Crippen LogP contribution in [0.5, 0.6) is 0 Å². The maximum atomic E-state index is 12.8. The van der Waals surface area contributed by atoms with Gasteiger partial charge in [-0.3, -0.25) is 4.68 Å². The Morgan fingerprint density at radius 2 is 1.82 bits per heavy atom. The maximum absolute atomic E-state index is 12.8. The first kappa shape index (κ1) is 17.8. The molecule has 0 bridgehead atoms. The molecule has 2 aromatic heterocycles. The molecule has 0 atom stereocenters.